The molecule has 0 unspecified atom stereocenters. The molecule has 1 amide bonds. The lowest BCUT2D eigenvalue weighted by atomic mass is 10.2. The minimum atomic E-state index is -0.477. The summed E-state index contributed by atoms with van der Waals surface area (Å²) in [5.74, 6) is 0. The monoisotopic (exact) mass is 242 g/mol. The van der Waals surface area contributed by atoms with E-state index in [0.717, 1.165) is 11.1 Å². The highest BCUT2D eigenvalue weighted by molar-refractivity contribution is 5.85. The fraction of sp³-hybridized carbons (Fsp3) is 0.143. The number of hydrogen-bond donors (Lipinski definition) is 1. The number of hydrogen-bond acceptors (Lipinski definition) is 3. The quantitative estimate of drug-likeness (QED) is 0.899. The molecule has 0 aliphatic rings. The van der Waals surface area contributed by atoms with Gasteiger partial charge in [-0.3, -0.25) is 10.3 Å². The van der Waals surface area contributed by atoms with Crippen LogP contribution in [0.1, 0.15) is 11.1 Å². The smallest absolute Gasteiger partial charge is 0.412 e. The average Bonchev–Trinajstić information content (AvgIpc) is 2.40. The van der Waals surface area contributed by atoms with E-state index in [9.17, 15) is 4.79 Å². The second-order valence-corrected chi connectivity index (χ2v) is 3.88. The van der Waals surface area contributed by atoms with Gasteiger partial charge in [0.15, 0.2) is 0 Å². The molecule has 0 bridgehead atoms. The SMILES string of the molecule is Cc1ccncc1NC(=O)OCc1ccccc1. The highest BCUT2D eigenvalue weighted by atomic mass is 16.5. The fourth-order valence-corrected chi connectivity index (χ4v) is 1.46. The molecule has 0 aliphatic heterocycles. The number of aryl methyl sites for hydroxylation is 1. The first kappa shape index (κ1) is 12.1. The predicted molar refractivity (Wildman–Crippen MR) is 69.2 cm³/mol. The van der Waals surface area contributed by atoms with E-state index in [-0.39, 0.29) is 6.61 Å². The Hall–Kier alpha value is -2.36. The Morgan fingerprint density at radius 2 is 2.06 bits per heavy atom. The summed E-state index contributed by atoms with van der Waals surface area (Å²) in [7, 11) is 0. The number of nitrogens with one attached hydrogen (secondary N) is 1. The van der Waals surface area contributed by atoms with Crippen LogP contribution < -0.4 is 5.32 Å². The van der Waals surface area contributed by atoms with Crippen LogP contribution in [0.25, 0.3) is 0 Å². The molecule has 2 aromatic rings. The Morgan fingerprint density at radius 3 is 2.78 bits per heavy atom. The van der Waals surface area contributed by atoms with Gasteiger partial charge in [0.1, 0.15) is 6.61 Å². The molecule has 0 atom stereocenters. The van der Waals surface area contributed by atoms with Crippen molar-refractivity contribution in [1.82, 2.24) is 4.98 Å². The fourth-order valence-electron chi connectivity index (χ4n) is 1.46. The summed E-state index contributed by atoms with van der Waals surface area (Å²) >= 11 is 0. The Labute approximate surface area is 106 Å². The Bertz CT molecular complexity index is 526. The minimum absolute atomic E-state index is 0.256. The van der Waals surface area contributed by atoms with Gasteiger partial charge in [-0.25, -0.2) is 4.79 Å². The molecule has 4 nitrogen and oxygen atoms in total. The molecule has 1 N–H and O–H groups in total. The van der Waals surface area contributed by atoms with E-state index in [0.29, 0.717) is 5.69 Å². The molecular weight excluding hydrogens is 228 g/mol. The lowest BCUT2D eigenvalue weighted by Gasteiger charge is -2.08. The summed E-state index contributed by atoms with van der Waals surface area (Å²) in [6, 6.07) is 11.4. The van der Waals surface area contributed by atoms with Gasteiger partial charge in [0.2, 0.25) is 0 Å². The number of pyridine rings is 1. The molecule has 0 aliphatic carbocycles. The van der Waals surface area contributed by atoms with E-state index in [1.165, 1.54) is 0 Å². The molecule has 1 heterocycles. The van der Waals surface area contributed by atoms with E-state index in [1.807, 2.05) is 43.3 Å². The van der Waals surface area contributed by atoms with Gasteiger partial charge < -0.3 is 4.74 Å². The maximum atomic E-state index is 11.6. The van der Waals surface area contributed by atoms with Crippen molar-refractivity contribution in [2.45, 2.75) is 13.5 Å². The number of carbonyl (C=O) groups is 1. The summed E-state index contributed by atoms with van der Waals surface area (Å²) < 4.78 is 5.11. The second kappa shape index (κ2) is 5.82. The Balaban J connectivity index is 1.88. The number of carbonyl (C=O) groups excluding carboxylic acids is 1. The van der Waals surface area contributed by atoms with Crippen molar-refractivity contribution in [3.05, 3.63) is 59.9 Å². The van der Waals surface area contributed by atoms with Crippen LogP contribution in [0.5, 0.6) is 0 Å². The van der Waals surface area contributed by atoms with Gasteiger partial charge in [0.05, 0.1) is 11.9 Å². The number of anilines is 1. The predicted octanol–water partition coefficient (Wildman–Crippen LogP) is 3.14. The van der Waals surface area contributed by atoms with Crippen LogP contribution in [0.2, 0.25) is 0 Å². The third-order valence-electron chi connectivity index (χ3n) is 2.49. The second-order valence-electron chi connectivity index (χ2n) is 3.88. The number of amides is 1. The van der Waals surface area contributed by atoms with Crippen molar-refractivity contribution in [3.63, 3.8) is 0 Å². The summed E-state index contributed by atoms with van der Waals surface area (Å²) in [5.41, 5.74) is 2.56. The van der Waals surface area contributed by atoms with Gasteiger partial charge in [0.25, 0.3) is 0 Å². The number of rotatable bonds is 3. The van der Waals surface area contributed by atoms with E-state index in [1.54, 1.807) is 12.4 Å². The molecule has 1 aromatic carbocycles. The van der Waals surface area contributed by atoms with E-state index in [4.69, 9.17) is 4.74 Å². The largest absolute Gasteiger partial charge is 0.444 e. The number of aromatic nitrogens is 1. The van der Waals surface area contributed by atoms with Crippen LogP contribution in [0.4, 0.5) is 10.5 Å². The molecule has 0 saturated carbocycles. The van der Waals surface area contributed by atoms with Crippen molar-refractivity contribution in [1.29, 1.82) is 0 Å². The summed E-state index contributed by atoms with van der Waals surface area (Å²) in [5, 5.41) is 2.66. The molecule has 0 radical (unpaired) electrons. The molecule has 0 fully saturated rings. The lowest BCUT2D eigenvalue weighted by molar-refractivity contribution is 0.155. The van der Waals surface area contributed by atoms with Crippen LogP contribution in [0, 0.1) is 6.92 Å². The van der Waals surface area contributed by atoms with E-state index in [2.05, 4.69) is 10.3 Å². The van der Waals surface area contributed by atoms with Crippen LogP contribution in [0.3, 0.4) is 0 Å². The maximum Gasteiger partial charge on any atom is 0.412 e. The summed E-state index contributed by atoms with van der Waals surface area (Å²) in [6.07, 6.45) is 2.80. The molecule has 0 spiro atoms. The highest BCUT2D eigenvalue weighted by Crippen LogP contribution is 2.12. The first-order chi connectivity index (χ1) is 8.75. The third kappa shape index (κ3) is 3.31. The lowest BCUT2D eigenvalue weighted by Crippen LogP contribution is -2.14. The summed E-state index contributed by atoms with van der Waals surface area (Å²) in [4.78, 5) is 15.5. The Kier molecular flexibility index (Phi) is 3.91. The third-order valence-corrected chi connectivity index (χ3v) is 2.49. The van der Waals surface area contributed by atoms with Crippen LogP contribution in [0.15, 0.2) is 48.8 Å². The molecule has 4 heteroatoms. The Morgan fingerprint density at radius 1 is 1.28 bits per heavy atom. The van der Waals surface area contributed by atoms with Gasteiger partial charge in [-0.2, -0.15) is 0 Å². The van der Waals surface area contributed by atoms with Gasteiger partial charge in [-0.1, -0.05) is 30.3 Å². The zero-order chi connectivity index (χ0) is 12.8. The zero-order valence-corrected chi connectivity index (χ0v) is 10.1. The number of benzene rings is 1. The minimum Gasteiger partial charge on any atom is -0.444 e. The van der Waals surface area contributed by atoms with Crippen molar-refractivity contribution >= 4 is 11.8 Å². The van der Waals surface area contributed by atoms with Crippen molar-refractivity contribution < 1.29 is 9.53 Å². The van der Waals surface area contributed by atoms with Crippen LogP contribution in [-0.2, 0) is 11.3 Å². The zero-order valence-electron chi connectivity index (χ0n) is 10.1. The molecule has 18 heavy (non-hydrogen) atoms. The van der Waals surface area contributed by atoms with Crippen LogP contribution >= 0.6 is 0 Å². The molecule has 1 aromatic heterocycles. The first-order valence-corrected chi connectivity index (χ1v) is 5.64. The summed E-state index contributed by atoms with van der Waals surface area (Å²) in [6.45, 7) is 2.15. The van der Waals surface area contributed by atoms with Crippen molar-refractivity contribution in [2.75, 3.05) is 5.32 Å². The van der Waals surface area contributed by atoms with Crippen LogP contribution in [-0.4, -0.2) is 11.1 Å². The standard InChI is InChI=1S/C14H14N2O2/c1-11-7-8-15-9-13(11)16-14(17)18-10-12-5-3-2-4-6-12/h2-9H,10H2,1H3,(H,16,17). The molecule has 2 rings (SSSR count). The van der Waals surface area contributed by atoms with Gasteiger partial charge in [-0.15, -0.1) is 0 Å². The van der Waals surface area contributed by atoms with Crippen molar-refractivity contribution in [2.24, 2.45) is 0 Å². The van der Waals surface area contributed by atoms with Gasteiger partial charge in [-0.05, 0) is 24.1 Å². The van der Waals surface area contributed by atoms with E-state index < -0.39 is 6.09 Å². The topological polar surface area (TPSA) is 51.2 Å². The van der Waals surface area contributed by atoms with Crippen molar-refractivity contribution in [3.8, 4) is 0 Å². The molecular formula is C14H14N2O2. The molecule has 92 valence electrons. The van der Waals surface area contributed by atoms with Gasteiger partial charge in [0, 0.05) is 6.20 Å². The van der Waals surface area contributed by atoms with Gasteiger partial charge >= 0.3 is 6.09 Å². The number of nitrogens with zero attached hydrogens (tertiary/aromatic N) is 1. The first-order valence-electron chi connectivity index (χ1n) is 5.64. The molecule has 0 saturated heterocycles. The number of ether oxygens (including phenoxy) is 1. The highest BCUT2D eigenvalue weighted by Gasteiger charge is 2.05. The average molecular weight is 242 g/mol. The maximum absolute atomic E-state index is 11.6. The van der Waals surface area contributed by atoms with E-state index >= 15 is 0 Å². The normalized spacial score (nSPS) is 9.83.